The third-order valence-electron chi connectivity index (χ3n) is 1.80. The first-order chi connectivity index (χ1) is 7.02. The van der Waals surface area contributed by atoms with E-state index < -0.39 is 5.97 Å². The fourth-order valence-corrected chi connectivity index (χ4v) is 1.10. The smallest absolute Gasteiger partial charge is 0.328 e. The molecule has 4 N–H and O–H groups in total. The van der Waals surface area contributed by atoms with Crippen molar-refractivity contribution < 1.29 is 14.7 Å². The van der Waals surface area contributed by atoms with Gasteiger partial charge in [0.1, 0.15) is 0 Å². The van der Waals surface area contributed by atoms with Crippen LogP contribution in [0.5, 0.6) is 0 Å². The molecule has 0 spiro atoms. The second kappa shape index (κ2) is 7.99. The Morgan fingerprint density at radius 1 is 1.40 bits per heavy atom. The summed E-state index contributed by atoms with van der Waals surface area (Å²) in [5, 5.41) is 11.5. The molecule has 86 valence electrons. The minimum Gasteiger partial charge on any atom is -0.478 e. The molecule has 0 bridgehead atoms. The standard InChI is InChI=1S/C10H18N2O3/c1-8(6-10(14)15)7-12-5-3-2-4-9(11)13/h6,12H,2-5,7H2,1H3,(H2,11,13)(H,14,15). The quantitative estimate of drug-likeness (QED) is 0.399. The normalized spacial score (nSPS) is 11.4. The SMILES string of the molecule is CC(=CC(=O)O)CNCCCCC(N)=O. The number of rotatable bonds is 8. The lowest BCUT2D eigenvalue weighted by molar-refractivity contribution is -0.131. The maximum Gasteiger partial charge on any atom is 0.328 e. The Kier molecular flexibility index (Phi) is 7.27. The molecule has 0 aliphatic rings. The van der Waals surface area contributed by atoms with Crippen LogP contribution < -0.4 is 11.1 Å². The van der Waals surface area contributed by atoms with Crippen LogP contribution in [0.15, 0.2) is 11.6 Å². The molecular formula is C10H18N2O3. The first kappa shape index (κ1) is 13.6. The maximum atomic E-state index is 10.4. The van der Waals surface area contributed by atoms with Gasteiger partial charge in [-0.3, -0.25) is 4.79 Å². The number of aliphatic carboxylic acids is 1. The number of hydrogen-bond donors (Lipinski definition) is 3. The van der Waals surface area contributed by atoms with E-state index in [4.69, 9.17) is 10.8 Å². The van der Waals surface area contributed by atoms with Gasteiger partial charge in [0.15, 0.2) is 0 Å². The third kappa shape index (κ3) is 10.6. The van der Waals surface area contributed by atoms with E-state index >= 15 is 0 Å². The fraction of sp³-hybridized carbons (Fsp3) is 0.600. The first-order valence-electron chi connectivity index (χ1n) is 4.91. The largest absolute Gasteiger partial charge is 0.478 e. The van der Waals surface area contributed by atoms with Crippen molar-refractivity contribution in [1.29, 1.82) is 0 Å². The average Bonchev–Trinajstić information content (AvgIpc) is 2.09. The van der Waals surface area contributed by atoms with Crippen LogP contribution >= 0.6 is 0 Å². The number of carboxylic acid groups (broad SMARTS) is 1. The Bertz CT molecular complexity index is 249. The molecule has 0 unspecified atom stereocenters. The van der Waals surface area contributed by atoms with Gasteiger partial charge in [0, 0.05) is 19.0 Å². The van der Waals surface area contributed by atoms with Crippen molar-refractivity contribution in [1.82, 2.24) is 5.32 Å². The first-order valence-corrected chi connectivity index (χ1v) is 4.91. The van der Waals surface area contributed by atoms with Gasteiger partial charge in [0.25, 0.3) is 0 Å². The van der Waals surface area contributed by atoms with Gasteiger partial charge in [0.2, 0.25) is 5.91 Å². The molecule has 0 rings (SSSR count). The molecule has 5 heteroatoms. The summed E-state index contributed by atoms with van der Waals surface area (Å²) in [6.45, 7) is 3.07. The summed E-state index contributed by atoms with van der Waals surface area (Å²) in [7, 11) is 0. The van der Waals surface area contributed by atoms with Gasteiger partial charge >= 0.3 is 5.97 Å². The lowest BCUT2D eigenvalue weighted by atomic mass is 10.2. The number of carbonyl (C=O) groups is 2. The van der Waals surface area contributed by atoms with Gasteiger partial charge in [-0.15, -0.1) is 0 Å². The summed E-state index contributed by atoms with van der Waals surface area (Å²) in [6.07, 6.45) is 3.22. The number of primary amides is 1. The number of nitrogens with one attached hydrogen (secondary N) is 1. The molecule has 0 aromatic carbocycles. The minimum absolute atomic E-state index is 0.281. The van der Waals surface area contributed by atoms with Crippen molar-refractivity contribution >= 4 is 11.9 Å². The zero-order chi connectivity index (χ0) is 11.7. The molecule has 0 radical (unpaired) electrons. The van der Waals surface area contributed by atoms with E-state index in [1.54, 1.807) is 6.92 Å². The van der Waals surface area contributed by atoms with Crippen LogP contribution in [0.25, 0.3) is 0 Å². The van der Waals surface area contributed by atoms with Crippen LogP contribution in [0.1, 0.15) is 26.2 Å². The molecule has 0 atom stereocenters. The maximum absolute atomic E-state index is 10.4. The minimum atomic E-state index is -0.928. The predicted octanol–water partition coefficient (Wildman–Crippen LogP) is 0.263. The van der Waals surface area contributed by atoms with Gasteiger partial charge in [-0.1, -0.05) is 5.57 Å². The highest BCUT2D eigenvalue weighted by Gasteiger charge is 1.96. The van der Waals surface area contributed by atoms with Gasteiger partial charge in [0.05, 0.1) is 0 Å². The second-order valence-electron chi connectivity index (χ2n) is 3.43. The van der Waals surface area contributed by atoms with E-state index in [9.17, 15) is 9.59 Å². The van der Waals surface area contributed by atoms with Gasteiger partial charge in [-0.25, -0.2) is 4.79 Å². The number of amides is 1. The monoisotopic (exact) mass is 214 g/mol. The van der Waals surface area contributed by atoms with E-state index in [0.717, 1.165) is 25.0 Å². The summed E-state index contributed by atoms with van der Waals surface area (Å²) in [4.78, 5) is 20.7. The number of unbranched alkanes of at least 4 members (excludes halogenated alkanes) is 1. The Morgan fingerprint density at radius 2 is 2.07 bits per heavy atom. The Hall–Kier alpha value is -1.36. The highest BCUT2D eigenvalue weighted by Crippen LogP contribution is 1.94. The zero-order valence-electron chi connectivity index (χ0n) is 8.95. The summed E-state index contributed by atoms with van der Waals surface area (Å²) >= 11 is 0. The highest BCUT2D eigenvalue weighted by molar-refractivity contribution is 5.80. The van der Waals surface area contributed by atoms with Crippen LogP contribution in [-0.4, -0.2) is 30.1 Å². The molecule has 0 saturated carbocycles. The van der Waals surface area contributed by atoms with Crippen molar-refractivity contribution in [2.75, 3.05) is 13.1 Å². The molecule has 0 saturated heterocycles. The average molecular weight is 214 g/mol. The van der Waals surface area contributed by atoms with Crippen molar-refractivity contribution in [3.05, 3.63) is 11.6 Å². The number of nitrogens with two attached hydrogens (primary N) is 1. The van der Waals surface area contributed by atoms with Crippen molar-refractivity contribution in [2.24, 2.45) is 5.73 Å². The number of carbonyl (C=O) groups excluding carboxylic acids is 1. The molecule has 1 amide bonds. The third-order valence-corrected chi connectivity index (χ3v) is 1.80. The molecular weight excluding hydrogens is 196 g/mol. The second-order valence-corrected chi connectivity index (χ2v) is 3.43. The van der Waals surface area contributed by atoms with Crippen LogP contribution in [0.4, 0.5) is 0 Å². The van der Waals surface area contributed by atoms with E-state index in [2.05, 4.69) is 5.32 Å². The van der Waals surface area contributed by atoms with Crippen molar-refractivity contribution in [2.45, 2.75) is 26.2 Å². The molecule has 15 heavy (non-hydrogen) atoms. The van der Waals surface area contributed by atoms with Gasteiger partial charge < -0.3 is 16.2 Å². The van der Waals surface area contributed by atoms with E-state index in [1.165, 1.54) is 6.08 Å². The predicted molar refractivity (Wildman–Crippen MR) is 57.3 cm³/mol. The van der Waals surface area contributed by atoms with E-state index in [-0.39, 0.29) is 5.91 Å². The summed E-state index contributed by atoms with van der Waals surface area (Å²) < 4.78 is 0. The topological polar surface area (TPSA) is 92.4 Å². The van der Waals surface area contributed by atoms with Crippen LogP contribution in [0.2, 0.25) is 0 Å². The molecule has 0 aromatic heterocycles. The summed E-state index contributed by atoms with van der Waals surface area (Å²) in [5.41, 5.74) is 5.75. The fourth-order valence-electron chi connectivity index (χ4n) is 1.10. The molecule has 0 aromatic rings. The summed E-state index contributed by atoms with van der Waals surface area (Å²) in [6, 6.07) is 0. The number of carboxylic acids is 1. The van der Waals surface area contributed by atoms with Crippen molar-refractivity contribution in [3.63, 3.8) is 0 Å². The molecule has 0 heterocycles. The molecule has 0 aliphatic heterocycles. The summed E-state index contributed by atoms with van der Waals surface area (Å²) in [5.74, 6) is -1.21. The lowest BCUT2D eigenvalue weighted by Crippen LogP contribution is -2.18. The van der Waals surface area contributed by atoms with Crippen LogP contribution in [-0.2, 0) is 9.59 Å². The highest BCUT2D eigenvalue weighted by atomic mass is 16.4. The van der Waals surface area contributed by atoms with E-state index in [1.807, 2.05) is 0 Å². The molecule has 0 aliphatic carbocycles. The van der Waals surface area contributed by atoms with Crippen LogP contribution in [0.3, 0.4) is 0 Å². The molecule has 0 fully saturated rings. The molecule has 5 nitrogen and oxygen atoms in total. The van der Waals surface area contributed by atoms with Crippen molar-refractivity contribution in [3.8, 4) is 0 Å². The van der Waals surface area contributed by atoms with Crippen LogP contribution in [0, 0.1) is 0 Å². The zero-order valence-corrected chi connectivity index (χ0v) is 8.95. The Labute approximate surface area is 89.3 Å². The number of hydrogen-bond acceptors (Lipinski definition) is 3. The van der Waals surface area contributed by atoms with Gasteiger partial charge in [-0.05, 0) is 26.3 Å². The lowest BCUT2D eigenvalue weighted by Gasteiger charge is -2.03. The Morgan fingerprint density at radius 3 is 2.60 bits per heavy atom. The van der Waals surface area contributed by atoms with Gasteiger partial charge in [-0.2, -0.15) is 0 Å². The van der Waals surface area contributed by atoms with E-state index in [0.29, 0.717) is 13.0 Å². The Balaban J connectivity index is 3.39.